The van der Waals surface area contributed by atoms with Gasteiger partial charge in [0.15, 0.2) is 0 Å². The molecule has 0 aliphatic rings. The Bertz CT molecular complexity index is 949. The molecular formula is C30H36N2O2. The standard InChI is InChI=1S/C30H36N2O2/c1-3-5-15-23-31(25-17-9-7-10-18-25)29(33)27-21-13-14-22-28(27)30(34)32(24-16-6-4-2)26-19-11-8-12-20-26/h7-14,17-22H,3-6,15-16,23-24H2,1-2H3. The van der Waals surface area contributed by atoms with Crippen LogP contribution in [0, 0.1) is 0 Å². The van der Waals surface area contributed by atoms with E-state index in [1.165, 1.54) is 0 Å². The van der Waals surface area contributed by atoms with Crippen molar-refractivity contribution >= 4 is 23.2 Å². The van der Waals surface area contributed by atoms with E-state index in [4.69, 9.17) is 0 Å². The number of rotatable bonds is 12. The normalized spacial score (nSPS) is 10.6. The van der Waals surface area contributed by atoms with Crippen LogP contribution in [0.2, 0.25) is 0 Å². The second kappa shape index (κ2) is 13.3. The lowest BCUT2D eigenvalue weighted by Gasteiger charge is -2.26. The lowest BCUT2D eigenvalue weighted by Crippen LogP contribution is -2.36. The van der Waals surface area contributed by atoms with E-state index < -0.39 is 0 Å². The molecule has 34 heavy (non-hydrogen) atoms. The second-order valence-electron chi connectivity index (χ2n) is 8.54. The van der Waals surface area contributed by atoms with Gasteiger partial charge in [0.2, 0.25) is 0 Å². The lowest BCUT2D eigenvalue weighted by atomic mass is 10.0. The predicted molar refractivity (Wildman–Crippen MR) is 142 cm³/mol. The third-order valence-corrected chi connectivity index (χ3v) is 5.98. The van der Waals surface area contributed by atoms with Gasteiger partial charge in [-0.25, -0.2) is 0 Å². The molecule has 0 heterocycles. The number of benzene rings is 3. The molecule has 0 aliphatic carbocycles. The average molecular weight is 457 g/mol. The number of carbonyl (C=O) groups excluding carboxylic acids is 2. The highest BCUT2D eigenvalue weighted by molar-refractivity contribution is 6.16. The number of hydrogen-bond donors (Lipinski definition) is 0. The van der Waals surface area contributed by atoms with Gasteiger partial charge in [-0.05, 0) is 49.2 Å². The highest BCUT2D eigenvalue weighted by Crippen LogP contribution is 2.24. The minimum absolute atomic E-state index is 0.132. The number of unbranched alkanes of at least 4 members (excludes halogenated alkanes) is 4. The van der Waals surface area contributed by atoms with Crippen LogP contribution in [0.5, 0.6) is 0 Å². The van der Waals surface area contributed by atoms with Crippen molar-refractivity contribution in [2.24, 2.45) is 0 Å². The van der Waals surface area contributed by atoms with Gasteiger partial charge in [-0.3, -0.25) is 9.59 Å². The van der Waals surface area contributed by atoms with Gasteiger partial charge in [-0.1, -0.05) is 88.1 Å². The molecule has 0 aliphatic heterocycles. The fourth-order valence-corrected chi connectivity index (χ4v) is 4.10. The zero-order valence-electron chi connectivity index (χ0n) is 20.5. The third kappa shape index (κ3) is 6.57. The largest absolute Gasteiger partial charge is 0.308 e. The van der Waals surface area contributed by atoms with E-state index >= 15 is 0 Å². The maximum Gasteiger partial charge on any atom is 0.259 e. The van der Waals surface area contributed by atoms with Gasteiger partial charge in [0.25, 0.3) is 11.8 Å². The Morgan fingerprint density at radius 3 is 1.24 bits per heavy atom. The second-order valence-corrected chi connectivity index (χ2v) is 8.54. The zero-order valence-corrected chi connectivity index (χ0v) is 20.5. The molecule has 0 saturated heterocycles. The summed E-state index contributed by atoms with van der Waals surface area (Å²) in [5.74, 6) is -0.263. The summed E-state index contributed by atoms with van der Waals surface area (Å²) in [7, 11) is 0. The van der Waals surface area contributed by atoms with Crippen molar-refractivity contribution in [1.82, 2.24) is 0 Å². The molecule has 3 rings (SSSR count). The van der Waals surface area contributed by atoms with Gasteiger partial charge >= 0.3 is 0 Å². The molecule has 2 amide bonds. The van der Waals surface area contributed by atoms with Crippen LogP contribution in [0.15, 0.2) is 84.9 Å². The quantitative estimate of drug-likeness (QED) is 0.267. The maximum atomic E-state index is 13.8. The van der Waals surface area contributed by atoms with E-state index in [0.29, 0.717) is 24.2 Å². The number of amides is 2. The first-order valence-corrected chi connectivity index (χ1v) is 12.5. The molecule has 3 aromatic carbocycles. The first kappa shape index (κ1) is 25.2. The molecule has 0 radical (unpaired) electrons. The number of hydrogen-bond acceptors (Lipinski definition) is 2. The summed E-state index contributed by atoms with van der Waals surface area (Å²) in [6.07, 6.45) is 6.10. The molecule has 178 valence electrons. The number of nitrogens with zero attached hydrogens (tertiary/aromatic N) is 2. The highest BCUT2D eigenvalue weighted by atomic mass is 16.2. The Morgan fingerprint density at radius 2 is 0.882 bits per heavy atom. The Hall–Kier alpha value is -3.40. The van der Waals surface area contributed by atoms with E-state index in [1.54, 1.807) is 12.1 Å². The lowest BCUT2D eigenvalue weighted by molar-refractivity contribution is 0.0953. The minimum atomic E-state index is -0.132. The van der Waals surface area contributed by atoms with Crippen LogP contribution in [0.25, 0.3) is 0 Å². The van der Waals surface area contributed by atoms with Crippen LogP contribution in [-0.4, -0.2) is 24.9 Å². The van der Waals surface area contributed by atoms with Gasteiger partial charge in [0, 0.05) is 24.5 Å². The van der Waals surface area contributed by atoms with Crippen LogP contribution >= 0.6 is 0 Å². The number of carbonyl (C=O) groups is 2. The first-order valence-electron chi connectivity index (χ1n) is 12.5. The van der Waals surface area contributed by atoms with Crippen LogP contribution in [0.1, 0.15) is 73.1 Å². The maximum absolute atomic E-state index is 13.8. The molecule has 3 aromatic rings. The molecule has 4 heteroatoms. The van der Waals surface area contributed by atoms with Crippen molar-refractivity contribution in [3.05, 3.63) is 96.1 Å². The monoisotopic (exact) mass is 456 g/mol. The molecule has 0 spiro atoms. The molecule has 0 fully saturated rings. The Morgan fingerprint density at radius 1 is 0.529 bits per heavy atom. The van der Waals surface area contributed by atoms with E-state index in [1.807, 2.05) is 82.6 Å². The average Bonchev–Trinajstić information content (AvgIpc) is 2.89. The van der Waals surface area contributed by atoms with Crippen LogP contribution in [0.3, 0.4) is 0 Å². The van der Waals surface area contributed by atoms with Gasteiger partial charge in [-0.15, -0.1) is 0 Å². The predicted octanol–water partition coefficient (Wildman–Crippen LogP) is 7.36. The van der Waals surface area contributed by atoms with Crippen molar-refractivity contribution in [1.29, 1.82) is 0 Å². The Balaban J connectivity index is 1.96. The summed E-state index contributed by atoms with van der Waals surface area (Å²) < 4.78 is 0. The number of anilines is 2. The van der Waals surface area contributed by atoms with E-state index in [-0.39, 0.29) is 11.8 Å². The van der Waals surface area contributed by atoms with Crippen molar-refractivity contribution in [3.63, 3.8) is 0 Å². The van der Waals surface area contributed by atoms with Crippen molar-refractivity contribution in [3.8, 4) is 0 Å². The van der Waals surface area contributed by atoms with Crippen molar-refractivity contribution < 1.29 is 9.59 Å². The number of para-hydroxylation sites is 2. The SMILES string of the molecule is CCCCCN(C(=O)c1ccccc1C(=O)N(CCCCC)c1ccccc1)c1ccccc1. The summed E-state index contributed by atoms with van der Waals surface area (Å²) in [5, 5.41) is 0. The topological polar surface area (TPSA) is 40.6 Å². The summed E-state index contributed by atoms with van der Waals surface area (Å²) in [5.41, 5.74) is 2.61. The molecule has 0 N–H and O–H groups in total. The summed E-state index contributed by atoms with van der Waals surface area (Å²) >= 11 is 0. The van der Waals surface area contributed by atoms with Crippen LogP contribution < -0.4 is 9.80 Å². The van der Waals surface area contributed by atoms with Gasteiger partial charge in [0.05, 0.1) is 11.1 Å². The molecule has 0 atom stereocenters. The third-order valence-electron chi connectivity index (χ3n) is 5.98. The van der Waals surface area contributed by atoms with E-state index in [2.05, 4.69) is 13.8 Å². The smallest absolute Gasteiger partial charge is 0.259 e. The summed E-state index contributed by atoms with van der Waals surface area (Å²) in [6.45, 7) is 5.55. The van der Waals surface area contributed by atoms with Gasteiger partial charge in [-0.2, -0.15) is 0 Å². The Kier molecular flexibility index (Phi) is 9.90. The molecule has 0 unspecified atom stereocenters. The van der Waals surface area contributed by atoms with Crippen LogP contribution in [-0.2, 0) is 0 Å². The molecule has 4 nitrogen and oxygen atoms in total. The van der Waals surface area contributed by atoms with E-state index in [9.17, 15) is 9.59 Å². The van der Waals surface area contributed by atoms with Crippen molar-refractivity contribution in [2.45, 2.75) is 52.4 Å². The van der Waals surface area contributed by atoms with Gasteiger partial charge < -0.3 is 9.80 Å². The zero-order chi connectivity index (χ0) is 24.2. The summed E-state index contributed by atoms with van der Waals surface area (Å²) in [4.78, 5) is 31.3. The fraction of sp³-hybridized carbons (Fsp3) is 0.333. The molecule has 0 bridgehead atoms. The summed E-state index contributed by atoms with van der Waals surface area (Å²) in [6, 6.07) is 26.7. The van der Waals surface area contributed by atoms with Gasteiger partial charge in [0.1, 0.15) is 0 Å². The Labute approximate surface area is 204 Å². The highest BCUT2D eigenvalue weighted by Gasteiger charge is 2.26. The minimum Gasteiger partial charge on any atom is -0.308 e. The van der Waals surface area contributed by atoms with E-state index in [0.717, 1.165) is 49.9 Å². The molecular weight excluding hydrogens is 420 g/mol. The van der Waals surface area contributed by atoms with Crippen LogP contribution in [0.4, 0.5) is 11.4 Å². The van der Waals surface area contributed by atoms with Crippen molar-refractivity contribution in [2.75, 3.05) is 22.9 Å². The fourth-order valence-electron chi connectivity index (χ4n) is 4.10. The molecule has 0 saturated carbocycles. The molecule has 0 aromatic heterocycles. The first-order chi connectivity index (χ1) is 16.7.